The monoisotopic (exact) mass is 271 g/mol. The van der Waals surface area contributed by atoms with Crippen LogP contribution in [0.2, 0.25) is 0 Å². The van der Waals surface area contributed by atoms with Crippen molar-refractivity contribution < 1.29 is 0 Å². The van der Waals surface area contributed by atoms with Crippen LogP contribution >= 0.6 is 0 Å². The van der Waals surface area contributed by atoms with E-state index in [1.165, 1.54) is 5.56 Å². The summed E-state index contributed by atoms with van der Waals surface area (Å²) >= 11 is 0. The molecule has 0 radical (unpaired) electrons. The molecule has 1 aliphatic carbocycles. The average Bonchev–Trinajstić information content (AvgIpc) is 3.16. The van der Waals surface area contributed by atoms with E-state index >= 15 is 0 Å². The Hall–Kier alpha value is -2.04. The molecule has 3 N–H and O–H groups in total. The van der Waals surface area contributed by atoms with Crippen molar-refractivity contribution in [3.8, 4) is 0 Å². The summed E-state index contributed by atoms with van der Waals surface area (Å²) in [4.78, 5) is 0. The molecular weight excluding hydrogens is 250 g/mol. The highest BCUT2D eigenvalue weighted by Crippen LogP contribution is 2.53. The van der Waals surface area contributed by atoms with E-state index in [0.717, 1.165) is 43.4 Å². The van der Waals surface area contributed by atoms with Gasteiger partial charge in [0.1, 0.15) is 5.82 Å². The van der Waals surface area contributed by atoms with E-state index in [1.807, 2.05) is 12.1 Å². The molecule has 1 fully saturated rings. The second kappa shape index (κ2) is 4.81. The number of nitrogens with one attached hydrogen (secondary N) is 1. The maximum absolute atomic E-state index is 5.79. The second-order valence-corrected chi connectivity index (χ2v) is 5.33. The molecule has 0 amide bonds. The van der Waals surface area contributed by atoms with Crippen molar-refractivity contribution in [3.63, 3.8) is 0 Å². The molecule has 0 atom stereocenters. The zero-order chi connectivity index (χ0) is 14.2. The van der Waals surface area contributed by atoms with E-state index in [9.17, 15) is 0 Å². The Kier molecular flexibility index (Phi) is 3.12. The van der Waals surface area contributed by atoms with E-state index in [4.69, 9.17) is 5.73 Å². The summed E-state index contributed by atoms with van der Waals surface area (Å²) in [6, 6.07) is 8.16. The van der Waals surface area contributed by atoms with Gasteiger partial charge in [0, 0.05) is 18.8 Å². The lowest BCUT2D eigenvalue weighted by Crippen LogP contribution is -2.17. The zero-order valence-corrected chi connectivity index (χ0v) is 12.1. The van der Waals surface area contributed by atoms with E-state index in [0.29, 0.717) is 0 Å². The number of hydrogen-bond acceptors (Lipinski definition) is 4. The molecule has 0 bridgehead atoms. The van der Waals surface area contributed by atoms with Gasteiger partial charge in [-0.15, -0.1) is 10.2 Å². The van der Waals surface area contributed by atoms with Crippen LogP contribution in [0.3, 0.4) is 0 Å². The van der Waals surface area contributed by atoms with Crippen molar-refractivity contribution in [2.75, 3.05) is 17.6 Å². The van der Waals surface area contributed by atoms with Gasteiger partial charge in [-0.05, 0) is 44.4 Å². The molecule has 0 saturated heterocycles. The fraction of sp³-hybridized carbons (Fsp3) is 0.467. The first-order chi connectivity index (χ1) is 9.71. The highest BCUT2D eigenvalue weighted by atomic mass is 15.4. The number of benzene rings is 1. The van der Waals surface area contributed by atoms with Crippen LogP contribution in [0.25, 0.3) is 0 Å². The van der Waals surface area contributed by atoms with Crippen molar-refractivity contribution in [3.05, 3.63) is 35.7 Å². The van der Waals surface area contributed by atoms with Crippen LogP contribution in [0.15, 0.2) is 24.3 Å². The average molecular weight is 271 g/mol. The minimum absolute atomic E-state index is 0.0321. The minimum Gasteiger partial charge on any atom is -0.399 e. The summed E-state index contributed by atoms with van der Waals surface area (Å²) in [5, 5.41) is 12.0. The minimum atomic E-state index is 0.0321. The van der Waals surface area contributed by atoms with Gasteiger partial charge in [0.15, 0.2) is 0 Å². The molecular formula is C15H21N5. The van der Waals surface area contributed by atoms with Crippen molar-refractivity contribution in [1.82, 2.24) is 14.8 Å². The molecule has 0 spiro atoms. The number of nitrogens with two attached hydrogens (primary N) is 1. The number of rotatable bonds is 5. The third kappa shape index (κ3) is 1.94. The van der Waals surface area contributed by atoms with Crippen LogP contribution in [0, 0.1) is 0 Å². The first kappa shape index (κ1) is 13.0. The fourth-order valence-electron chi connectivity index (χ4n) is 2.81. The lowest BCUT2D eigenvalue weighted by Gasteiger charge is -2.17. The Labute approximate surface area is 119 Å². The molecule has 5 nitrogen and oxygen atoms in total. The number of nitrogen functional groups attached to an aromatic ring is 1. The molecule has 2 aromatic rings. The van der Waals surface area contributed by atoms with Crippen LogP contribution in [0.5, 0.6) is 0 Å². The maximum Gasteiger partial charge on any atom is 0.224 e. The molecule has 1 heterocycles. The van der Waals surface area contributed by atoms with Gasteiger partial charge in [0.05, 0.1) is 5.41 Å². The molecule has 20 heavy (non-hydrogen) atoms. The lowest BCUT2D eigenvalue weighted by molar-refractivity contribution is 0.643. The molecule has 3 rings (SSSR count). The Morgan fingerprint density at radius 3 is 2.45 bits per heavy atom. The standard InChI is InChI=1S/C15H21N5/c1-3-17-14-19-18-13(20(14)4-2)15(9-10-15)11-5-7-12(16)8-6-11/h5-8H,3-4,9-10,16H2,1-2H3,(H,17,19). The van der Waals surface area contributed by atoms with Crippen LogP contribution in [-0.2, 0) is 12.0 Å². The van der Waals surface area contributed by atoms with Crippen molar-refractivity contribution in [2.24, 2.45) is 0 Å². The highest BCUT2D eigenvalue weighted by Gasteiger charge is 2.50. The molecule has 0 aliphatic heterocycles. The molecule has 1 saturated carbocycles. The van der Waals surface area contributed by atoms with Crippen LogP contribution < -0.4 is 11.1 Å². The first-order valence-corrected chi connectivity index (χ1v) is 7.25. The number of hydrogen-bond donors (Lipinski definition) is 2. The van der Waals surface area contributed by atoms with Gasteiger partial charge in [-0.2, -0.15) is 0 Å². The predicted molar refractivity (Wildman–Crippen MR) is 80.7 cm³/mol. The van der Waals surface area contributed by atoms with Gasteiger partial charge in [0.25, 0.3) is 0 Å². The van der Waals surface area contributed by atoms with Gasteiger partial charge in [-0.25, -0.2) is 0 Å². The van der Waals surface area contributed by atoms with Crippen molar-refractivity contribution >= 4 is 11.6 Å². The number of nitrogens with zero attached hydrogens (tertiary/aromatic N) is 3. The predicted octanol–water partition coefficient (Wildman–Crippen LogP) is 2.39. The van der Waals surface area contributed by atoms with Crippen molar-refractivity contribution in [2.45, 2.75) is 38.6 Å². The number of aromatic nitrogens is 3. The van der Waals surface area contributed by atoms with Crippen LogP contribution in [0.4, 0.5) is 11.6 Å². The lowest BCUT2D eigenvalue weighted by atomic mass is 9.94. The molecule has 0 unspecified atom stereocenters. The molecule has 1 aromatic carbocycles. The van der Waals surface area contributed by atoms with E-state index in [-0.39, 0.29) is 5.41 Å². The first-order valence-electron chi connectivity index (χ1n) is 7.25. The Morgan fingerprint density at radius 2 is 1.90 bits per heavy atom. The highest BCUT2D eigenvalue weighted by molar-refractivity contribution is 5.47. The molecule has 106 valence electrons. The fourth-order valence-corrected chi connectivity index (χ4v) is 2.81. The normalized spacial score (nSPS) is 16.1. The van der Waals surface area contributed by atoms with Crippen LogP contribution in [-0.4, -0.2) is 21.3 Å². The number of anilines is 2. The van der Waals surface area contributed by atoms with Crippen molar-refractivity contribution in [1.29, 1.82) is 0 Å². The third-order valence-corrected chi connectivity index (χ3v) is 4.04. The van der Waals surface area contributed by atoms with Gasteiger partial charge in [-0.3, -0.25) is 4.57 Å². The van der Waals surface area contributed by atoms with Crippen LogP contribution in [0.1, 0.15) is 38.1 Å². The quantitative estimate of drug-likeness (QED) is 0.819. The van der Waals surface area contributed by atoms with E-state index < -0.39 is 0 Å². The van der Waals surface area contributed by atoms with Gasteiger partial charge in [-0.1, -0.05) is 12.1 Å². The third-order valence-electron chi connectivity index (χ3n) is 4.04. The van der Waals surface area contributed by atoms with Gasteiger partial charge >= 0.3 is 0 Å². The van der Waals surface area contributed by atoms with Gasteiger partial charge < -0.3 is 11.1 Å². The largest absolute Gasteiger partial charge is 0.399 e. The SMILES string of the molecule is CCNc1nnc(C2(c3ccc(N)cc3)CC2)n1CC. The maximum atomic E-state index is 5.79. The second-order valence-electron chi connectivity index (χ2n) is 5.33. The summed E-state index contributed by atoms with van der Waals surface area (Å²) in [7, 11) is 0. The summed E-state index contributed by atoms with van der Waals surface area (Å²) in [6.07, 6.45) is 2.25. The Bertz CT molecular complexity index is 595. The summed E-state index contributed by atoms with van der Waals surface area (Å²) in [5.41, 5.74) is 7.91. The summed E-state index contributed by atoms with van der Waals surface area (Å²) in [6.45, 7) is 5.93. The topological polar surface area (TPSA) is 68.8 Å². The van der Waals surface area contributed by atoms with E-state index in [1.54, 1.807) is 0 Å². The summed E-state index contributed by atoms with van der Waals surface area (Å²) < 4.78 is 2.19. The Balaban J connectivity index is 2.01. The molecule has 5 heteroatoms. The smallest absolute Gasteiger partial charge is 0.224 e. The summed E-state index contributed by atoms with van der Waals surface area (Å²) in [5.74, 6) is 1.94. The molecule has 1 aromatic heterocycles. The van der Waals surface area contributed by atoms with E-state index in [2.05, 4.69) is 46.1 Å². The zero-order valence-electron chi connectivity index (χ0n) is 12.1. The Morgan fingerprint density at radius 1 is 1.20 bits per heavy atom. The van der Waals surface area contributed by atoms with Gasteiger partial charge in [0.2, 0.25) is 5.95 Å². The molecule has 1 aliphatic rings.